The second-order valence-corrected chi connectivity index (χ2v) is 4.66. The summed E-state index contributed by atoms with van der Waals surface area (Å²) in [6.07, 6.45) is 3.84. The second-order valence-electron chi connectivity index (χ2n) is 4.66. The van der Waals surface area contributed by atoms with Crippen molar-refractivity contribution in [2.24, 2.45) is 0 Å². The average Bonchev–Trinajstić information content (AvgIpc) is 2.24. The van der Waals surface area contributed by atoms with E-state index < -0.39 is 5.60 Å². The second kappa shape index (κ2) is 6.59. The molecule has 98 valence electrons. The van der Waals surface area contributed by atoms with Crippen LogP contribution in [-0.2, 0) is 9.59 Å². The van der Waals surface area contributed by atoms with Gasteiger partial charge in [-0.3, -0.25) is 9.59 Å². The summed E-state index contributed by atoms with van der Waals surface area (Å²) in [6, 6.07) is 0. The molecule has 5 nitrogen and oxygen atoms in total. The zero-order valence-electron chi connectivity index (χ0n) is 10.4. The average molecular weight is 242 g/mol. The maximum atomic E-state index is 11.4. The first-order valence-corrected chi connectivity index (χ1v) is 6.31. The fourth-order valence-electron chi connectivity index (χ4n) is 1.81. The Kier molecular flexibility index (Phi) is 5.41. The lowest BCUT2D eigenvalue weighted by Gasteiger charge is -2.36. The van der Waals surface area contributed by atoms with Gasteiger partial charge in [-0.2, -0.15) is 0 Å². The molecule has 1 saturated carbocycles. The Labute approximate surface area is 102 Å². The highest BCUT2D eigenvalue weighted by Crippen LogP contribution is 2.30. The summed E-state index contributed by atoms with van der Waals surface area (Å²) in [7, 11) is 0. The molecule has 0 aromatic heterocycles. The van der Waals surface area contributed by atoms with Gasteiger partial charge in [0.25, 0.3) is 0 Å². The van der Waals surface area contributed by atoms with Crippen molar-refractivity contribution in [2.75, 3.05) is 13.1 Å². The largest absolute Gasteiger partial charge is 0.388 e. The van der Waals surface area contributed by atoms with Gasteiger partial charge in [0.05, 0.1) is 5.60 Å². The van der Waals surface area contributed by atoms with Crippen molar-refractivity contribution in [3.63, 3.8) is 0 Å². The fraction of sp³-hybridized carbons (Fsp3) is 0.833. The third-order valence-electron chi connectivity index (χ3n) is 3.08. The summed E-state index contributed by atoms with van der Waals surface area (Å²) in [5.74, 6) is -0.104. The highest BCUT2D eigenvalue weighted by Gasteiger charge is 2.34. The van der Waals surface area contributed by atoms with Crippen LogP contribution >= 0.6 is 0 Å². The minimum Gasteiger partial charge on any atom is -0.388 e. The summed E-state index contributed by atoms with van der Waals surface area (Å²) in [5.41, 5.74) is -0.671. The normalized spacial score (nSPS) is 17.1. The van der Waals surface area contributed by atoms with Crippen molar-refractivity contribution in [1.29, 1.82) is 0 Å². The van der Waals surface area contributed by atoms with Crippen LogP contribution in [0.15, 0.2) is 0 Å². The molecule has 1 aliphatic carbocycles. The van der Waals surface area contributed by atoms with Crippen LogP contribution in [0.2, 0.25) is 0 Å². The molecular formula is C12H22N2O3. The molecule has 3 N–H and O–H groups in total. The van der Waals surface area contributed by atoms with E-state index >= 15 is 0 Å². The fourth-order valence-corrected chi connectivity index (χ4v) is 1.81. The monoisotopic (exact) mass is 242 g/mol. The quantitative estimate of drug-likeness (QED) is 0.602. The molecule has 0 aromatic carbocycles. The van der Waals surface area contributed by atoms with E-state index in [0.717, 1.165) is 19.3 Å². The molecule has 0 bridgehead atoms. The van der Waals surface area contributed by atoms with Crippen molar-refractivity contribution < 1.29 is 14.7 Å². The van der Waals surface area contributed by atoms with Gasteiger partial charge >= 0.3 is 0 Å². The Morgan fingerprint density at radius 3 is 2.24 bits per heavy atom. The molecule has 0 atom stereocenters. The van der Waals surface area contributed by atoms with Crippen molar-refractivity contribution in [3.05, 3.63) is 0 Å². The van der Waals surface area contributed by atoms with Gasteiger partial charge in [-0.15, -0.1) is 0 Å². The number of aliphatic hydroxyl groups is 1. The number of carbonyl (C=O) groups is 2. The van der Waals surface area contributed by atoms with Crippen molar-refractivity contribution in [3.8, 4) is 0 Å². The molecule has 1 aliphatic rings. The number of nitrogens with one attached hydrogen (secondary N) is 2. The van der Waals surface area contributed by atoms with E-state index in [9.17, 15) is 14.7 Å². The lowest BCUT2D eigenvalue weighted by atomic mass is 9.80. The van der Waals surface area contributed by atoms with E-state index in [1.165, 1.54) is 0 Å². The smallest absolute Gasteiger partial charge is 0.220 e. The van der Waals surface area contributed by atoms with Crippen LogP contribution in [0.4, 0.5) is 0 Å². The van der Waals surface area contributed by atoms with Gasteiger partial charge < -0.3 is 15.7 Å². The third kappa shape index (κ3) is 5.17. The first-order chi connectivity index (χ1) is 8.06. The predicted molar refractivity (Wildman–Crippen MR) is 64.3 cm³/mol. The molecule has 0 radical (unpaired) electrons. The van der Waals surface area contributed by atoms with Crippen molar-refractivity contribution >= 4 is 11.8 Å². The van der Waals surface area contributed by atoms with Crippen LogP contribution in [0.5, 0.6) is 0 Å². The molecular weight excluding hydrogens is 220 g/mol. The summed E-state index contributed by atoms with van der Waals surface area (Å²) in [6.45, 7) is 2.83. The topological polar surface area (TPSA) is 78.4 Å². The minimum absolute atomic E-state index is 0.0158. The predicted octanol–water partition coefficient (Wildman–Crippen LogP) is 0.324. The first kappa shape index (κ1) is 14.0. The maximum absolute atomic E-state index is 11.4. The summed E-state index contributed by atoms with van der Waals surface area (Å²) in [5, 5.41) is 15.2. The number of carbonyl (C=O) groups excluding carboxylic acids is 2. The van der Waals surface area contributed by atoms with Gasteiger partial charge in [-0.1, -0.05) is 0 Å². The third-order valence-corrected chi connectivity index (χ3v) is 3.08. The highest BCUT2D eigenvalue weighted by atomic mass is 16.3. The maximum Gasteiger partial charge on any atom is 0.220 e. The molecule has 0 heterocycles. The standard InChI is InChI=1S/C12H22N2O3/c1-2-13-10(15)5-3-6-11(16)14-9-12(17)7-4-8-12/h17H,2-9H2,1H3,(H,13,15)(H,14,16). The summed E-state index contributed by atoms with van der Waals surface area (Å²) >= 11 is 0. The van der Waals surface area contributed by atoms with E-state index in [4.69, 9.17) is 0 Å². The summed E-state index contributed by atoms with van der Waals surface area (Å²) in [4.78, 5) is 22.5. The Bertz CT molecular complexity index is 275. The molecule has 5 heteroatoms. The van der Waals surface area contributed by atoms with E-state index in [1.807, 2.05) is 6.92 Å². The van der Waals surface area contributed by atoms with Crippen LogP contribution in [-0.4, -0.2) is 35.6 Å². The van der Waals surface area contributed by atoms with Crippen LogP contribution in [0, 0.1) is 0 Å². The minimum atomic E-state index is -0.671. The molecule has 1 rings (SSSR count). The Morgan fingerprint density at radius 1 is 1.18 bits per heavy atom. The first-order valence-electron chi connectivity index (χ1n) is 6.31. The Hall–Kier alpha value is -1.10. The van der Waals surface area contributed by atoms with Gasteiger partial charge in [0, 0.05) is 25.9 Å². The van der Waals surface area contributed by atoms with Crippen molar-refractivity contribution in [2.45, 2.75) is 51.0 Å². The summed E-state index contributed by atoms with van der Waals surface area (Å²) < 4.78 is 0. The molecule has 17 heavy (non-hydrogen) atoms. The van der Waals surface area contributed by atoms with E-state index in [0.29, 0.717) is 32.4 Å². The number of hydrogen-bond donors (Lipinski definition) is 3. The van der Waals surface area contributed by atoms with E-state index in [1.54, 1.807) is 0 Å². The molecule has 0 aliphatic heterocycles. The zero-order chi connectivity index (χ0) is 12.7. The molecule has 0 saturated heterocycles. The molecule has 2 amide bonds. The molecule has 0 aromatic rings. The van der Waals surface area contributed by atoms with Crippen LogP contribution in [0.3, 0.4) is 0 Å². The van der Waals surface area contributed by atoms with Gasteiger partial charge in [-0.05, 0) is 32.6 Å². The van der Waals surface area contributed by atoms with E-state index in [-0.39, 0.29) is 11.8 Å². The highest BCUT2D eigenvalue weighted by molar-refractivity contribution is 5.78. The van der Waals surface area contributed by atoms with Crippen LogP contribution in [0.25, 0.3) is 0 Å². The van der Waals surface area contributed by atoms with Crippen LogP contribution in [0.1, 0.15) is 45.4 Å². The zero-order valence-corrected chi connectivity index (χ0v) is 10.4. The number of rotatable bonds is 7. The van der Waals surface area contributed by atoms with Crippen molar-refractivity contribution in [1.82, 2.24) is 10.6 Å². The lowest BCUT2D eigenvalue weighted by Crippen LogP contribution is -2.47. The molecule has 0 spiro atoms. The van der Waals surface area contributed by atoms with Gasteiger partial charge in [0.2, 0.25) is 11.8 Å². The lowest BCUT2D eigenvalue weighted by molar-refractivity contribution is -0.124. The Balaban J connectivity index is 2.03. The molecule has 0 unspecified atom stereocenters. The SMILES string of the molecule is CCNC(=O)CCCC(=O)NCC1(O)CCC1. The molecule has 1 fully saturated rings. The van der Waals surface area contributed by atoms with E-state index in [2.05, 4.69) is 10.6 Å². The number of hydrogen-bond acceptors (Lipinski definition) is 3. The number of amides is 2. The Morgan fingerprint density at radius 2 is 1.76 bits per heavy atom. The van der Waals surface area contributed by atoms with Gasteiger partial charge in [-0.25, -0.2) is 0 Å². The van der Waals surface area contributed by atoms with Crippen LogP contribution < -0.4 is 10.6 Å². The van der Waals surface area contributed by atoms with Gasteiger partial charge in [0.15, 0.2) is 0 Å². The van der Waals surface area contributed by atoms with Gasteiger partial charge in [0.1, 0.15) is 0 Å².